The summed E-state index contributed by atoms with van der Waals surface area (Å²) in [5, 5.41) is 0. The van der Waals surface area contributed by atoms with Gasteiger partial charge in [0.05, 0.1) is 0 Å². The van der Waals surface area contributed by atoms with Gasteiger partial charge in [0.1, 0.15) is 0 Å². The van der Waals surface area contributed by atoms with Gasteiger partial charge in [0.25, 0.3) is 0 Å². The van der Waals surface area contributed by atoms with Gasteiger partial charge in [0.15, 0.2) is 0 Å². The van der Waals surface area contributed by atoms with Crippen LogP contribution in [-0.2, 0) is 9.63 Å². The minimum absolute atomic E-state index is 0.00692. The van der Waals surface area contributed by atoms with E-state index in [0.29, 0.717) is 5.57 Å². The summed E-state index contributed by atoms with van der Waals surface area (Å²) < 4.78 is 0. The van der Waals surface area contributed by atoms with Gasteiger partial charge in [-0.1, -0.05) is 33.3 Å². The van der Waals surface area contributed by atoms with Gasteiger partial charge < -0.3 is 4.84 Å². The molecule has 0 rings (SSSR count). The topological polar surface area (TPSA) is 52.3 Å². The van der Waals surface area contributed by atoms with Gasteiger partial charge in [-0.3, -0.25) is 0 Å². The summed E-state index contributed by atoms with van der Waals surface area (Å²) in [6, 6.07) is 0. The average Bonchev–Trinajstić information content (AvgIpc) is 2.01. The summed E-state index contributed by atoms with van der Waals surface area (Å²) >= 11 is 0. The van der Waals surface area contributed by atoms with Gasteiger partial charge in [0, 0.05) is 5.57 Å². The van der Waals surface area contributed by atoms with Crippen molar-refractivity contribution >= 4 is 5.97 Å². The van der Waals surface area contributed by atoms with Crippen LogP contribution in [0.5, 0.6) is 0 Å². The number of nitrogens with two attached hydrogens (primary N) is 1. The maximum absolute atomic E-state index is 11.2. The zero-order valence-corrected chi connectivity index (χ0v) is 9.10. The van der Waals surface area contributed by atoms with Crippen LogP contribution >= 0.6 is 0 Å². The highest BCUT2D eigenvalue weighted by atomic mass is 16.7. The molecule has 0 unspecified atom stereocenters. The Kier molecular flexibility index (Phi) is 4.14. The van der Waals surface area contributed by atoms with Crippen molar-refractivity contribution in [3.05, 3.63) is 11.1 Å². The van der Waals surface area contributed by atoms with Crippen molar-refractivity contribution in [2.75, 3.05) is 0 Å². The number of rotatable bonds is 2. The van der Waals surface area contributed by atoms with Gasteiger partial charge in [-0.05, 0) is 18.8 Å². The molecule has 0 fully saturated rings. The van der Waals surface area contributed by atoms with Gasteiger partial charge in [-0.2, -0.15) is 5.90 Å². The van der Waals surface area contributed by atoms with Crippen molar-refractivity contribution in [3.8, 4) is 0 Å². The minimum atomic E-state index is -0.438. The second-order valence-electron chi connectivity index (χ2n) is 4.11. The van der Waals surface area contributed by atoms with Crippen LogP contribution in [0.4, 0.5) is 0 Å². The highest BCUT2D eigenvalue weighted by Crippen LogP contribution is 2.30. The number of carbonyl (C=O) groups excluding carboxylic acids is 1. The van der Waals surface area contributed by atoms with Crippen molar-refractivity contribution in [1.82, 2.24) is 0 Å². The monoisotopic (exact) mass is 185 g/mol. The maximum Gasteiger partial charge on any atom is 0.352 e. The number of hydrogen-bond acceptors (Lipinski definition) is 3. The van der Waals surface area contributed by atoms with E-state index < -0.39 is 5.97 Å². The zero-order valence-electron chi connectivity index (χ0n) is 9.10. The molecule has 0 atom stereocenters. The van der Waals surface area contributed by atoms with E-state index in [9.17, 15) is 4.79 Å². The highest BCUT2D eigenvalue weighted by Gasteiger charge is 2.21. The molecule has 0 radical (unpaired) electrons. The van der Waals surface area contributed by atoms with Crippen LogP contribution in [0.25, 0.3) is 0 Å². The third-order valence-electron chi connectivity index (χ3n) is 2.12. The summed E-state index contributed by atoms with van der Waals surface area (Å²) in [7, 11) is 0. The smallest absolute Gasteiger partial charge is 0.352 e. The summed E-state index contributed by atoms with van der Waals surface area (Å²) in [5.74, 6) is 4.39. The second-order valence-corrected chi connectivity index (χ2v) is 4.11. The molecule has 0 bridgehead atoms. The first kappa shape index (κ1) is 12.2. The Hall–Kier alpha value is -0.830. The van der Waals surface area contributed by atoms with E-state index in [4.69, 9.17) is 5.90 Å². The number of hydrogen-bond donors (Lipinski definition) is 1. The molecule has 2 N–H and O–H groups in total. The van der Waals surface area contributed by atoms with Crippen LogP contribution in [0.15, 0.2) is 11.1 Å². The largest absolute Gasteiger partial charge is 0.370 e. The van der Waals surface area contributed by atoms with Crippen LogP contribution in [0.1, 0.15) is 41.0 Å². The molecular weight excluding hydrogens is 166 g/mol. The first-order chi connectivity index (χ1) is 5.84. The predicted octanol–water partition coefficient (Wildman–Crippen LogP) is 2.18. The normalized spacial score (nSPS) is 13.7. The van der Waals surface area contributed by atoms with Gasteiger partial charge in [0.2, 0.25) is 0 Å². The molecule has 0 aromatic heterocycles. The SMILES string of the molecule is CCC(=C(C)C(=O)ON)C(C)(C)C. The van der Waals surface area contributed by atoms with Crippen LogP contribution < -0.4 is 5.90 Å². The Morgan fingerprint density at radius 2 is 1.85 bits per heavy atom. The molecule has 0 aromatic rings. The Bertz CT molecular complexity index is 224. The first-order valence-corrected chi connectivity index (χ1v) is 4.45. The maximum atomic E-state index is 11.2. The predicted molar refractivity (Wildman–Crippen MR) is 52.7 cm³/mol. The van der Waals surface area contributed by atoms with Gasteiger partial charge in [-0.15, -0.1) is 0 Å². The fourth-order valence-electron chi connectivity index (χ4n) is 1.57. The summed E-state index contributed by atoms with van der Waals surface area (Å²) in [4.78, 5) is 15.3. The molecule has 3 heteroatoms. The quantitative estimate of drug-likeness (QED) is 0.530. The second kappa shape index (κ2) is 4.42. The van der Waals surface area contributed by atoms with Crippen LogP contribution in [0.3, 0.4) is 0 Å². The Morgan fingerprint density at radius 3 is 2.08 bits per heavy atom. The molecule has 0 spiro atoms. The molecule has 0 amide bonds. The molecule has 0 aromatic carbocycles. The van der Waals surface area contributed by atoms with Gasteiger partial charge in [-0.25, -0.2) is 4.79 Å². The molecular formula is C10H19NO2. The molecule has 0 heterocycles. The van der Waals surface area contributed by atoms with E-state index in [1.165, 1.54) is 0 Å². The molecule has 0 aliphatic heterocycles. The molecule has 76 valence electrons. The van der Waals surface area contributed by atoms with Crippen molar-refractivity contribution in [3.63, 3.8) is 0 Å². The van der Waals surface area contributed by atoms with E-state index in [1.54, 1.807) is 6.92 Å². The van der Waals surface area contributed by atoms with Crippen LogP contribution in [0.2, 0.25) is 0 Å². The fraction of sp³-hybridized carbons (Fsp3) is 0.700. The van der Waals surface area contributed by atoms with Gasteiger partial charge >= 0.3 is 5.97 Å². The molecule has 0 saturated heterocycles. The zero-order chi connectivity index (χ0) is 10.6. The van der Waals surface area contributed by atoms with E-state index in [0.717, 1.165) is 12.0 Å². The summed E-state index contributed by atoms with van der Waals surface area (Å²) in [6.45, 7) is 9.98. The Balaban J connectivity index is 5.02. The summed E-state index contributed by atoms with van der Waals surface area (Å²) in [6.07, 6.45) is 0.838. The molecule has 0 aliphatic rings. The lowest BCUT2D eigenvalue weighted by Gasteiger charge is -2.23. The summed E-state index contributed by atoms with van der Waals surface area (Å²) in [5.41, 5.74) is 1.70. The van der Waals surface area contributed by atoms with Crippen molar-refractivity contribution in [1.29, 1.82) is 0 Å². The van der Waals surface area contributed by atoms with Crippen LogP contribution in [-0.4, -0.2) is 5.97 Å². The lowest BCUT2D eigenvalue weighted by molar-refractivity contribution is -0.139. The molecule has 13 heavy (non-hydrogen) atoms. The Morgan fingerprint density at radius 1 is 1.38 bits per heavy atom. The number of carbonyl (C=O) groups is 1. The number of allylic oxidation sites excluding steroid dienone is 1. The lowest BCUT2D eigenvalue weighted by atomic mass is 9.82. The van der Waals surface area contributed by atoms with Crippen molar-refractivity contribution in [2.24, 2.45) is 11.3 Å². The van der Waals surface area contributed by atoms with E-state index in [1.807, 2.05) is 6.92 Å². The van der Waals surface area contributed by atoms with Crippen molar-refractivity contribution < 1.29 is 9.63 Å². The highest BCUT2D eigenvalue weighted by molar-refractivity contribution is 5.88. The lowest BCUT2D eigenvalue weighted by Crippen LogP contribution is -2.18. The van der Waals surface area contributed by atoms with Crippen molar-refractivity contribution in [2.45, 2.75) is 41.0 Å². The first-order valence-electron chi connectivity index (χ1n) is 4.45. The van der Waals surface area contributed by atoms with E-state index >= 15 is 0 Å². The third-order valence-corrected chi connectivity index (χ3v) is 2.12. The Labute approximate surface area is 79.9 Å². The van der Waals surface area contributed by atoms with Crippen LogP contribution in [0, 0.1) is 5.41 Å². The minimum Gasteiger partial charge on any atom is -0.370 e. The fourth-order valence-corrected chi connectivity index (χ4v) is 1.57. The third kappa shape index (κ3) is 3.19. The molecule has 3 nitrogen and oxygen atoms in total. The van der Waals surface area contributed by atoms with E-state index in [-0.39, 0.29) is 5.41 Å². The molecule has 0 saturated carbocycles. The average molecular weight is 185 g/mol. The van der Waals surface area contributed by atoms with E-state index in [2.05, 4.69) is 25.6 Å². The molecule has 0 aliphatic carbocycles. The standard InChI is InChI=1S/C10H19NO2/c1-6-8(10(3,4)5)7(2)9(12)13-11/h6,11H2,1-5H3.